The molecule has 1 saturated heterocycles. The third kappa shape index (κ3) is 2.47. The molecule has 1 aliphatic heterocycles. The second-order valence-electron chi connectivity index (χ2n) is 5.38. The van der Waals surface area contributed by atoms with E-state index in [1.807, 2.05) is 37.1 Å². The maximum atomic E-state index is 6.42. The normalized spacial score (nSPS) is 19.9. The Hall–Kier alpha value is -1.33. The number of aryl methyl sites for hydroxylation is 2. The van der Waals surface area contributed by atoms with Gasteiger partial charge in [-0.05, 0) is 32.4 Å². The summed E-state index contributed by atoms with van der Waals surface area (Å²) in [5.41, 5.74) is 2.25. The summed E-state index contributed by atoms with van der Waals surface area (Å²) < 4.78 is 3.75. The van der Waals surface area contributed by atoms with E-state index in [0.29, 0.717) is 6.04 Å². The van der Waals surface area contributed by atoms with Crippen LogP contribution in [0.4, 0.5) is 0 Å². The van der Waals surface area contributed by atoms with Crippen molar-refractivity contribution in [3.63, 3.8) is 0 Å². The minimum Gasteiger partial charge on any atom is -0.294 e. The number of aromatic nitrogens is 4. The Morgan fingerprint density at radius 3 is 2.90 bits per heavy atom. The molecule has 0 radical (unpaired) electrons. The van der Waals surface area contributed by atoms with Gasteiger partial charge in [0.05, 0.1) is 12.2 Å². The van der Waals surface area contributed by atoms with Gasteiger partial charge in [0, 0.05) is 37.6 Å². The minimum absolute atomic E-state index is 0.395. The Balaban J connectivity index is 1.75. The molecule has 2 aromatic heterocycles. The van der Waals surface area contributed by atoms with E-state index in [2.05, 4.69) is 15.1 Å². The fourth-order valence-electron chi connectivity index (χ4n) is 3.11. The average molecular weight is 294 g/mol. The van der Waals surface area contributed by atoms with Crippen molar-refractivity contribution < 1.29 is 0 Å². The summed E-state index contributed by atoms with van der Waals surface area (Å²) in [7, 11) is 1.90. The molecular weight excluding hydrogens is 274 g/mol. The van der Waals surface area contributed by atoms with Gasteiger partial charge in [0.1, 0.15) is 5.15 Å². The summed E-state index contributed by atoms with van der Waals surface area (Å²) in [6.45, 7) is 5.08. The molecule has 0 unspecified atom stereocenters. The maximum Gasteiger partial charge on any atom is 0.131 e. The van der Waals surface area contributed by atoms with E-state index in [1.54, 1.807) is 4.68 Å². The molecule has 2 aromatic rings. The molecule has 20 heavy (non-hydrogen) atoms. The van der Waals surface area contributed by atoms with Crippen LogP contribution >= 0.6 is 11.6 Å². The molecule has 0 bridgehead atoms. The molecule has 0 N–H and O–H groups in total. The molecule has 0 aliphatic carbocycles. The lowest BCUT2D eigenvalue weighted by Crippen LogP contribution is -2.27. The maximum absolute atomic E-state index is 6.42. The number of nitrogens with zero attached hydrogens (tertiary/aromatic N) is 5. The Bertz CT molecular complexity index is 575. The summed E-state index contributed by atoms with van der Waals surface area (Å²) in [6, 6.07) is 2.36. The van der Waals surface area contributed by atoms with Crippen molar-refractivity contribution in [3.05, 3.63) is 34.9 Å². The highest BCUT2D eigenvalue weighted by atomic mass is 35.5. The third-order valence-corrected chi connectivity index (χ3v) is 4.52. The third-order valence-electron chi connectivity index (χ3n) is 4.07. The molecule has 0 amide bonds. The lowest BCUT2D eigenvalue weighted by atomic mass is 10.1. The predicted molar refractivity (Wildman–Crippen MR) is 78.7 cm³/mol. The zero-order valence-corrected chi connectivity index (χ0v) is 12.7. The summed E-state index contributed by atoms with van der Waals surface area (Å²) in [5, 5.41) is 9.48. The minimum atomic E-state index is 0.395. The number of likely N-dealkylation sites (tertiary alicyclic amines) is 1. The highest BCUT2D eigenvalue weighted by Gasteiger charge is 2.30. The van der Waals surface area contributed by atoms with Gasteiger partial charge in [-0.15, -0.1) is 0 Å². The van der Waals surface area contributed by atoms with Crippen molar-refractivity contribution in [2.75, 3.05) is 13.1 Å². The summed E-state index contributed by atoms with van der Waals surface area (Å²) in [6.07, 6.45) is 6.21. The van der Waals surface area contributed by atoms with Crippen molar-refractivity contribution >= 4 is 11.6 Å². The van der Waals surface area contributed by atoms with E-state index in [4.69, 9.17) is 11.6 Å². The van der Waals surface area contributed by atoms with Crippen LogP contribution < -0.4 is 0 Å². The van der Waals surface area contributed by atoms with E-state index in [0.717, 1.165) is 36.9 Å². The summed E-state index contributed by atoms with van der Waals surface area (Å²) in [4.78, 5) is 2.50. The first-order valence-corrected chi connectivity index (χ1v) is 7.45. The number of hydrogen-bond acceptors (Lipinski definition) is 3. The van der Waals surface area contributed by atoms with Crippen LogP contribution in [0, 0.1) is 6.92 Å². The van der Waals surface area contributed by atoms with Crippen LogP contribution in [-0.2, 0) is 13.6 Å². The highest BCUT2D eigenvalue weighted by Crippen LogP contribution is 2.37. The van der Waals surface area contributed by atoms with Crippen molar-refractivity contribution in [2.45, 2.75) is 32.4 Å². The Kier molecular flexibility index (Phi) is 3.81. The van der Waals surface area contributed by atoms with Gasteiger partial charge >= 0.3 is 0 Å². The molecule has 0 spiro atoms. The molecule has 3 heterocycles. The van der Waals surface area contributed by atoms with Gasteiger partial charge in [-0.25, -0.2) is 0 Å². The SMILES string of the molecule is Cc1nn(C)c(Cl)c1[C@@H]1CCCN1CCn1cccn1. The second kappa shape index (κ2) is 5.58. The molecular formula is C14H20ClN5. The second-order valence-corrected chi connectivity index (χ2v) is 5.73. The van der Waals surface area contributed by atoms with E-state index < -0.39 is 0 Å². The zero-order valence-electron chi connectivity index (χ0n) is 12.0. The smallest absolute Gasteiger partial charge is 0.131 e. The lowest BCUT2D eigenvalue weighted by Gasteiger charge is -2.24. The predicted octanol–water partition coefficient (Wildman–Crippen LogP) is 2.42. The van der Waals surface area contributed by atoms with Crippen LogP contribution in [0.5, 0.6) is 0 Å². The van der Waals surface area contributed by atoms with E-state index in [9.17, 15) is 0 Å². The van der Waals surface area contributed by atoms with E-state index in [-0.39, 0.29) is 0 Å². The quantitative estimate of drug-likeness (QED) is 0.869. The van der Waals surface area contributed by atoms with Gasteiger partial charge in [-0.2, -0.15) is 10.2 Å². The molecule has 1 fully saturated rings. The average Bonchev–Trinajstić information content (AvgIpc) is 3.10. The molecule has 1 aliphatic rings. The highest BCUT2D eigenvalue weighted by molar-refractivity contribution is 6.30. The Morgan fingerprint density at radius 2 is 2.25 bits per heavy atom. The van der Waals surface area contributed by atoms with Crippen molar-refractivity contribution in [1.29, 1.82) is 0 Å². The fraction of sp³-hybridized carbons (Fsp3) is 0.571. The molecule has 5 nitrogen and oxygen atoms in total. The fourth-order valence-corrected chi connectivity index (χ4v) is 3.41. The lowest BCUT2D eigenvalue weighted by molar-refractivity contribution is 0.242. The first-order chi connectivity index (χ1) is 9.66. The van der Waals surface area contributed by atoms with Gasteiger partial charge in [-0.3, -0.25) is 14.3 Å². The molecule has 108 valence electrons. The van der Waals surface area contributed by atoms with Crippen molar-refractivity contribution in [2.24, 2.45) is 7.05 Å². The van der Waals surface area contributed by atoms with Crippen molar-refractivity contribution in [3.8, 4) is 0 Å². The summed E-state index contributed by atoms with van der Waals surface area (Å²) in [5.74, 6) is 0. The van der Waals surface area contributed by atoms with Crippen LogP contribution in [0.15, 0.2) is 18.5 Å². The molecule has 0 saturated carbocycles. The zero-order chi connectivity index (χ0) is 14.1. The molecule has 1 atom stereocenters. The standard InChI is InChI=1S/C14H20ClN5/c1-11-13(14(15)18(2)17-11)12-5-3-7-19(12)9-10-20-8-4-6-16-20/h4,6,8,12H,3,5,7,9-10H2,1-2H3/t12-/m0/s1. The van der Waals surface area contributed by atoms with Gasteiger partial charge < -0.3 is 0 Å². The largest absolute Gasteiger partial charge is 0.294 e. The first-order valence-electron chi connectivity index (χ1n) is 7.07. The Morgan fingerprint density at radius 1 is 1.40 bits per heavy atom. The van der Waals surface area contributed by atoms with Crippen LogP contribution in [0.25, 0.3) is 0 Å². The van der Waals surface area contributed by atoms with Gasteiger partial charge in [0.15, 0.2) is 0 Å². The first kappa shape index (κ1) is 13.6. The molecule has 6 heteroatoms. The summed E-state index contributed by atoms with van der Waals surface area (Å²) >= 11 is 6.42. The number of hydrogen-bond donors (Lipinski definition) is 0. The van der Waals surface area contributed by atoms with Gasteiger partial charge in [-0.1, -0.05) is 11.6 Å². The molecule has 3 rings (SSSR count). The van der Waals surface area contributed by atoms with Crippen molar-refractivity contribution in [1.82, 2.24) is 24.5 Å². The monoisotopic (exact) mass is 293 g/mol. The topological polar surface area (TPSA) is 38.9 Å². The van der Waals surface area contributed by atoms with Gasteiger partial charge in [0.25, 0.3) is 0 Å². The molecule has 0 aromatic carbocycles. The van der Waals surface area contributed by atoms with E-state index in [1.165, 1.54) is 12.0 Å². The number of halogens is 1. The van der Waals surface area contributed by atoms with Crippen LogP contribution in [0.3, 0.4) is 0 Å². The van der Waals surface area contributed by atoms with Crippen LogP contribution in [0.2, 0.25) is 5.15 Å². The van der Waals surface area contributed by atoms with Crippen LogP contribution in [0.1, 0.15) is 30.1 Å². The van der Waals surface area contributed by atoms with Crippen LogP contribution in [-0.4, -0.2) is 37.6 Å². The number of rotatable bonds is 4. The van der Waals surface area contributed by atoms with Gasteiger partial charge in [0.2, 0.25) is 0 Å². The Labute approximate surface area is 124 Å². The van der Waals surface area contributed by atoms with E-state index >= 15 is 0 Å².